The van der Waals surface area contributed by atoms with Crippen LogP contribution in [-0.4, -0.2) is 38.9 Å². The van der Waals surface area contributed by atoms with Gasteiger partial charge in [-0.2, -0.15) is 0 Å². The predicted octanol–water partition coefficient (Wildman–Crippen LogP) is 2.80. The Morgan fingerprint density at radius 1 is 1.19 bits per heavy atom. The Hall–Kier alpha value is -3.51. The van der Waals surface area contributed by atoms with Gasteiger partial charge in [0.2, 0.25) is 11.8 Å². The van der Waals surface area contributed by atoms with Gasteiger partial charge in [-0.05, 0) is 42.1 Å². The van der Waals surface area contributed by atoms with Gasteiger partial charge in [-0.15, -0.1) is 0 Å². The van der Waals surface area contributed by atoms with Gasteiger partial charge in [0.25, 0.3) is 5.91 Å². The Balaban J connectivity index is 1.63. The van der Waals surface area contributed by atoms with Crippen LogP contribution in [0, 0.1) is 0 Å². The summed E-state index contributed by atoms with van der Waals surface area (Å²) in [6, 6.07) is 6.86. The van der Waals surface area contributed by atoms with Gasteiger partial charge in [-0.3, -0.25) is 19.2 Å². The van der Waals surface area contributed by atoms with Gasteiger partial charge in [0, 0.05) is 25.2 Å². The number of thioether (sulfide) groups is 1. The van der Waals surface area contributed by atoms with Crippen molar-refractivity contribution in [1.82, 2.24) is 10.3 Å². The van der Waals surface area contributed by atoms with Crippen molar-refractivity contribution in [3.05, 3.63) is 40.2 Å². The number of thiazole rings is 1. The Labute approximate surface area is 184 Å². The van der Waals surface area contributed by atoms with E-state index in [1.807, 2.05) is 0 Å². The summed E-state index contributed by atoms with van der Waals surface area (Å²) in [7, 11) is 0. The van der Waals surface area contributed by atoms with Crippen molar-refractivity contribution < 1.29 is 24.3 Å². The van der Waals surface area contributed by atoms with Gasteiger partial charge in [0.05, 0.1) is 21.9 Å². The number of carboxylic acid groups (broad SMARTS) is 1. The van der Waals surface area contributed by atoms with E-state index in [0.29, 0.717) is 31.5 Å². The van der Waals surface area contributed by atoms with Crippen molar-refractivity contribution in [1.29, 1.82) is 0 Å². The molecule has 1 fully saturated rings. The average Bonchev–Trinajstić information content (AvgIpc) is 3.27. The number of nitrogens with zero attached hydrogens (tertiary/aromatic N) is 2. The molecule has 1 aromatic carbocycles. The summed E-state index contributed by atoms with van der Waals surface area (Å²) in [6.45, 7) is 1.42. The first-order chi connectivity index (χ1) is 14.8. The molecule has 0 bridgehead atoms. The van der Waals surface area contributed by atoms with Crippen LogP contribution in [0.1, 0.15) is 24.6 Å². The summed E-state index contributed by atoms with van der Waals surface area (Å²) in [6.07, 6.45) is 2.74. The lowest BCUT2D eigenvalue weighted by atomic mass is 10.3. The first-order valence-electron chi connectivity index (χ1n) is 8.93. The molecule has 1 aromatic heterocycles. The molecule has 0 spiro atoms. The second kappa shape index (κ2) is 10.00. The number of hydrogen-bond acceptors (Lipinski definition) is 8. The number of aromatic nitrogens is 1. The number of anilines is 2. The maximum absolute atomic E-state index is 12.2. The van der Waals surface area contributed by atoms with Gasteiger partial charge in [-0.1, -0.05) is 11.3 Å². The second-order valence-electron chi connectivity index (χ2n) is 6.22. The van der Waals surface area contributed by atoms with Crippen LogP contribution in [0.5, 0.6) is 0 Å². The van der Waals surface area contributed by atoms with E-state index in [0.717, 1.165) is 23.1 Å². The molecule has 0 unspecified atom stereocenters. The maximum Gasteiger partial charge on any atom is 0.303 e. The fourth-order valence-corrected chi connectivity index (χ4v) is 4.05. The molecule has 3 rings (SSSR count). The highest BCUT2D eigenvalue weighted by atomic mass is 32.2. The summed E-state index contributed by atoms with van der Waals surface area (Å²) in [5.74, 6) is -1.97. The highest BCUT2D eigenvalue weighted by Crippen LogP contribution is 2.30. The van der Waals surface area contributed by atoms with Crippen molar-refractivity contribution in [3.8, 4) is 0 Å². The monoisotopic (exact) mass is 459 g/mol. The number of nitrogens with one attached hydrogen (secondary N) is 3. The third kappa shape index (κ3) is 6.76. The van der Waals surface area contributed by atoms with E-state index in [9.17, 15) is 19.2 Å². The fourth-order valence-electron chi connectivity index (χ4n) is 2.36. The molecule has 10 nitrogen and oxygen atoms in total. The van der Waals surface area contributed by atoms with Crippen LogP contribution in [0.3, 0.4) is 0 Å². The van der Waals surface area contributed by atoms with Crippen LogP contribution in [0.25, 0.3) is 6.08 Å². The summed E-state index contributed by atoms with van der Waals surface area (Å²) in [5, 5.41) is 17.2. The summed E-state index contributed by atoms with van der Waals surface area (Å²) in [4.78, 5) is 55.0. The van der Waals surface area contributed by atoms with Crippen LogP contribution in [-0.2, 0) is 19.2 Å². The van der Waals surface area contributed by atoms with Gasteiger partial charge in [0.1, 0.15) is 0 Å². The number of aliphatic carboxylic acids is 1. The Morgan fingerprint density at radius 2 is 1.94 bits per heavy atom. The Morgan fingerprint density at radius 3 is 2.61 bits per heavy atom. The lowest BCUT2D eigenvalue weighted by molar-refractivity contribution is -0.138. The van der Waals surface area contributed by atoms with Crippen molar-refractivity contribution >= 4 is 74.5 Å². The van der Waals surface area contributed by atoms with Crippen LogP contribution in [0.15, 0.2) is 40.4 Å². The maximum atomic E-state index is 12.2. The summed E-state index contributed by atoms with van der Waals surface area (Å²) >= 11 is 2.33. The molecule has 0 atom stereocenters. The molecule has 1 saturated heterocycles. The zero-order chi connectivity index (χ0) is 22.4. The Kier molecular flexibility index (Phi) is 7.15. The SMILES string of the molecule is CC(=O)Nc1ccc(N=C2NC(=O)C(=Cc3cnc(NC(=O)CCC(=O)O)s3)S2)cc1. The largest absolute Gasteiger partial charge is 0.481 e. The van der Waals surface area contributed by atoms with E-state index >= 15 is 0 Å². The molecule has 2 heterocycles. The molecule has 0 saturated carbocycles. The van der Waals surface area contributed by atoms with Crippen molar-refractivity contribution in [2.45, 2.75) is 19.8 Å². The minimum absolute atomic E-state index is 0.144. The molecule has 12 heteroatoms. The topological polar surface area (TPSA) is 150 Å². The number of benzene rings is 1. The van der Waals surface area contributed by atoms with Crippen LogP contribution in [0.2, 0.25) is 0 Å². The molecule has 1 aliphatic rings. The number of hydrogen-bond donors (Lipinski definition) is 4. The van der Waals surface area contributed by atoms with E-state index in [2.05, 4.69) is 25.9 Å². The van der Waals surface area contributed by atoms with Crippen LogP contribution >= 0.6 is 23.1 Å². The van der Waals surface area contributed by atoms with Gasteiger partial charge in [0.15, 0.2) is 10.3 Å². The van der Waals surface area contributed by atoms with Crippen molar-refractivity contribution in [2.24, 2.45) is 4.99 Å². The van der Waals surface area contributed by atoms with E-state index in [1.165, 1.54) is 13.1 Å². The van der Waals surface area contributed by atoms with Gasteiger partial charge < -0.3 is 21.1 Å². The third-order valence-corrected chi connectivity index (χ3v) is 5.45. The molecular formula is C19H17N5O5S2. The van der Waals surface area contributed by atoms with E-state index < -0.39 is 11.9 Å². The zero-order valence-electron chi connectivity index (χ0n) is 16.2. The summed E-state index contributed by atoms with van der Waals surface area (Å²) in [5.41, 5.74) is 1.26. The lowest BCUT2D eigenvalue weighted by Crippen LogP contribution is -2.19. The normalized spacial score (nSPS) is 15.7. The van der Waals surface area contributed by atoms with E-state index in [-0.39, 0.29) is 24.7 Å². The quantitative estimate of drug-likeness (QED) is 0.465. The Bertz CT molecular complexity index is 1090. The van der Waals surface area contributed by atoms with Gasteiger partial charge in [-0.25, -0.2) is 9.98 Å². The lowest BCUT2D eigenvalue weighted by Gasteiger charge is -2.02. The molecule has 4 N–H and O–H groups in total. The number of amidine groups is 1. The summed E-state index contributed by atoms with van der Waals surface area (Å²) < 4.78 is 0. The zero-order valence-corrected chi connectivity index (χ0v) is 17.8. The fraction of sp³-hybridized carbons (Fsp3) is 0.158. The molecule has 2 aromatic rings. The smallest absolute Gasteiger partial charge is 0.303 e. The molecule has 31 heavy (non-hydrogen) atoms. The first kappa shape index (κ1) is 22.2. The minimum Gasteiger partial charge on any atom is -0.481 e. The highest BCUT2D eigenvalue weighted by Gasteiger charge is 2.24. The minimum atomic E-state index is -1.05. The van der Waals surface area contributed by atoms with Crippen LogP contribution < -0.4 is 16.0 Å². The second-order valence-corrected chi connectivity index (χ2v) is 8.31. The number of amides is 3. The molecule has 160 valence electrons. The standard InChI is InChI=1S/C19H17N5O5S2/c1-10(25)21-11-2-4-12(5-3-11)22-19-24-17(29)14(31-19)8-13-9-20-18(30-13)23-15(26)6-7-16(27)28/h2-5,8-9H,6-7H2,1H3,(H,21,25)(H,27,28)(H,20,23,26)(H,22,24,29). The number of rotatable bonds is 7. The molecular weight excluding hydrogens is 442 g/mol. The van der Waals surface area contributed by atoms with Crippen molar-refractivity contribution in [3.63, 3.8) is 0 Å². The van der Waals surface area contributed by atoms with Gasteiger partial charge >= 0.3 is 5.97 Å². The molecule has 3 amide bonds. The number of carbonyl (C=O) groups is 4. The number of carboxylic acids is 1. The number of carbonyl (C=O) groups excluding carboxylic acids is 3. The van der Waals surface area contributed by atoms with Crippen LogP contribution in [0.4, 0.5) is 16.5 Å². The predicted molar refractivity (Wildman–Crippen MR) is 119 cm³/mol. The third-order valence-electron chi connectivity index (χ3n) is 3.68. The molecule has 1 aliphatic heterocycles. The first-order valence-corrected chi connectivity index (χ1v) is 10.6. The van der Waals surface area contributed by atoms with Crippen molar-refractivity contribution in [2.75, 3.05) is 10.6 Å². The average molecular weight is 460 g/mol. The van der Waals surface area contributed by atoms with E-state index in [1.54, 1.807) is 30.3 Å². The van der Waals surface area contributed by atoms with E-state index in [4.69, 9.17) is 5.11 Å². The number of aliphatic imine (C=N–C) groups is 1. The molecule has 0 radical (unpaired) electrons. The highest BCUT2D eigenvalue weighted by molar-refractivity contribution is 8.18. The molecule has 0 aliphatic carbocycles.